The molecule has 1 fully saturated rings. The van der Waals surface area contributed by atoms with E-state index >= 15 is 0 Å². The molecule has 0 spiro atoms. The highest BCUT2D eigenvalue weighted by atomic mass is 32.3. The number of hydrogen-bond donors (Lipinski definition) is 4. The summed E-state index contributed by atoms with van der Waals surface area (Å²) in [5.74, 6) is -1.41. The molecule has 9 nitrogen and oxygen atoms in total. The van der Waals surface area contributed by atoms with Crippen molar-refractivity contribution in [2.45, 2.75) is 31.0 Å². The third-order valence-electron chi connectivity index (χ3n) is 1.93. The van der Waals surface area contributed by atoms with E-state index in [1.54, 1.807) is 0 Å². The lowest BCUT2D eigenvalue weighted by molar-refractivity contribution is -0.242. The molecule has 0 saturated carbocycles. The number of hydrogen-bond acceptors (Lipinski definition) is 7. The van der Waals surface area contributed by atoms with E-state index in [0.717, 1.165) is 0 Å². The van der Waals surface area contributed by atoms with Crippen LogP contribution in [0, 0.1) is 0 Å². The SMILES string of the molecule is O=C(O)C1C[C@H](O)[C@@H](OS(=O)(=O)O)[C@H](O)O1. The van der Waals surface area contributed by atoms with Gasteiger partial charge in [0.15, 0.2) is 18.5 Å². The molecule has 10 heteroatoms. The second-order valence-corrected chi connectivity index (χ2v) is 4.19. The van der Waals surface area contributed by atoms with E-state index in [1.807, 2.05) is 0 Å². The number of carboxylic acids is 1. The first-order chi connectivity index (χ1) is 7.20. The summed E-state index contributed by atoms with van der Waals surface area (Å²) in [7, 11) is -4.87. The average Bonchev–Trinajstić information content (AvgIpc) is 2.09. The molecule has 1 saturated heterocycles. The fourth-order valence-corrected chi connectivity index (χ4v) is 1.76. The van der Waals surface area contributed by atoms with Crippen molar-refractivity contribution in [2.24, 2.45) is 0 Å². The van der Waals surface area contributed by atoms with Gasteiger partial charge in [-0.3, -0.25) is 4.55 Å². The monoisotopic (exact) mass is 258 g/mol. The van der Waals surface area contributed by atoms with E-state index in [1.165, 1.54) is 0 Å². The number of aliphatic carboxylic acids is 1. The van der Waals surface area contributed by atoms with Crippen LogP contribution in [-0.2, 0) is 24.1 Å². The molecule has 0 bridgehead atoms. The number of ether oxygens (including phenoxy) is 1. The van der Waals surface area contributed by atoms with Gasteiger partial charge in [0.25, 0.3) is 0 Å². The van der Waals surface area contributed by atoms with Crippen LogP contribution < -0.4 is 0 Å². The van der Waals surface area contributed by atoms with Gasteiger partial charge in [-0.15, -0.1) is 0 Å². The van der Waals surface area contributed by atoms with E-state index in [-0.39, 0.29) is 0 Å². The van der Waals surface area contributed by atoms with E-state index in [2.05, 4.69) is 8.92 Å². The first-order valence-electron chi connectivity index (χ1n) is 4.11. The Hall–Kier alpha value is -0.780. The van der Waals surface area contributed by atoms with Gasteiger partial charge in [-0.1, -0.05) is 0 Å². The van der Waals surface area contributed by atoms with Crippen molar-refractivity contribution in [3.8, 4) is 0 Å². The first kappa shape index (κ1) is 13.3. The molecule has 0 aromatic heterocycles. The highest BCUT2D eigenvalue weighted by molar-refractivity contribution is 7.80. The van der Waals surface area contributed by atoms with E-state index in [0.29, 0.717) is 0 Å². The average molecular weight is 258 g/mol. The zero-order valence-corrected chi connectivity index (χ0v) is 8.57. The Kier molecular flexibility index (Phi) is 3.83. The summed E-state index contributed by atoms with van der Waals surface area (Å²) in [5.41, 5.74) is 0. The van der Waals surface area contributed by atoms with Gasteiger partial charge in [0.05, 0.1) is 6.10 Å². The lowest BCUT2D eigenvalue weighted by Crippen LogP contribution is -2.52. The predicted octanol–water partition coefficient (Wildman–Crippen LogP) is -2.27. The van der Waals surface area contributed by atoms with Crippen LogP contribution in [0.25, 0.3) is 0 Å². The Morgan fingerprint density at radius 2 is 1.94 bits per heavy atom. The van der Waals surface area contributed by atoms with Crippen molar-refractivity contribution >= 4 is 16.4 Å². The highest BCUT2D eigenvalue weighted by Gasteiger charge is 2.42. The maximum absolute atomic E-state index is 10.5. The summed E-state index contributed by atoms with van der Waals surface area (Å²) in [6, 6.07) is 0. The molecule has 16 heavy (non-hydrogen) atoms. The molecule has 0 aromatic carbocycles. The molecule has 0 radical (unpaired) electrons. The van der Waals surface area contributed by atoms with Crippen LogP contribution in [0.5, 0.6) is 0 Å². The summed E-state index contributed by atoms with van der Waals surface area (Å²) >= 11 is 0. The van der Waals surface area contributed by atoms with Gasteiger partial charge in [-0.2, -0.15) is 8.42 Å². The Balaban J connectivity index is 2.73. The van der Waals surface area contributed by atoms with Crippen molar-refractivity contribution in [1.82, 2.24) is 0 Å². The van der Waals surface area contributed by atoms with Crippen molar-refractivity contribution in [3.63, 3.8) is 0 Å². The van der Waals surface area contributed by atoms with Gasteiger partial charge in [-0.25, -0.2) is 8.98 Å². The molecule has 0 aromatic rings. The third-order valence-corrected chi connectivity index (χ3v) is 2.39. The predicted molar refractivity (Wildman–Crippen MR) is 45.6 cm³/mol. The van der Waals surface area contributed by atoms with E-state index in [4.69, 9.17) is 9.66 Å². The largest absolute Gasteiger partial charge is 0.479 e. The molecule has 1 aliphatic rings. The van der Waals surface area contributed by atoms with Crippen LogP contribution in [0.2, 0.25) is 0 Å². The Morgan fingerprint density at radius 3 is 2.31 bits per heavy atom. The second kappa shape index (κ2) is 4.61. The lowest BCUT2D eigenvalue weighted by Gasteiger charge is -2.33. The van der Waals surface area contributed by atoms with Gasteiger partial charge < -0.3 is 20.1 Å². The van der Waals surface area contributed by atoms with Crippen molar-refractivity contribution < 1.29 is 42.0 Å². The summed E-state index contributed by atoms with van der Waals surface area (Å²) in [6.45, 7) is 0. The minimum Gasteiger partial charge on any atom is -0.479 e. The number of rotatable bonds is 3. The zero-order chi connectivity index (χ0) is 12.5. The fraction of sp³-hybridized carbons (Fsp3) is 0.833. The molecule has 1 heterocycles. The summed E-state index contributed by atoms with van der Waals surface area (Å²) in [6.07, 6.45) is -7.25. The highest BCUT2D eigenvalue weighted by Crippen LogP contribution is 2.22. The molecule has 0 aliphatic carbocycles. The van der Waals surface area contributed by atoms with Crippen molar-refractivity contribution in [1.29, 1.82) is 0 Å². The fourth-order valence-electron chi connectivity index (χ4n) is 1.26. The van der Waals surface area contributed by atoms with Gasteiger partial charge in [-0.05, 0) is 0 Å². The van der Waals surface area contributed by atoms with Crippen molar-refractivity contribution in [3.05, 3.63) is 0 Å². The van der Waals surface area contributed by atoms with Crippen LogP contribution in [0.1, 0.15) is 6.42 Å². The van der Waals surface area contributed by atoms with Crippen LogP contribution in [0.15, 0.2) is 0 Å². The Morgan fingerprint density at radius 1 is 1.38 bits per heavy atom. The minimum atomic E-state index is -4.87. The number of carboxylic acid groups (broad SMARTS) is 1. The summed E-state index contributed by atoms with van der Waals surface area (Å²) in [4.78, 5) is 10.5. The quantitative estimate of drug-likeness (QED) is 0.410. The summed E-state index contributed by atoms with van der Waals surface area (Å²) in [5, 5.41) is 27.0. The molecular weight excluding hydrogens is 248 g/mol. The summed E-state index contributed by atoms with van der Waals surface area (Å²) < 4.78 is 37.4. The number of aliphatic hydroxyl groups excluding tert-OH is 2. The molecule has 1 unspecified atom stereocenters. The molecule has 1 aliphatic heterocycles. The third kappa shape index (κ3) is 3.37. The first-order valence-corrected chi connectivity index (χ1v) is 5.47. The number of carbonyl (C=O) groups is 1. The van der Waals surface area contributed by atoms with E-state index in [9.17, 15) is 23.4 Å². The lowest BCUT2D eigenvalue weighted by atomic mass is 10.0. The van der Waals surface area contributed by atoms with Crippen LogP contribution in [0.4, 0.5) is 0 Å². The maximum Gasteiger partial charge on any atom is 0.397 e. The smallest absolute Gasteiger partial charge is 0.397 e. The molecule has 4 N–H and O–H groups in total. The van der Waals surface area contributed by atoms with E-state index < -0.39 is 47.4 Å². The Bertz CT molecular complexity index is 350. The van der Waals surface area contributed by atoms with Gasteiger partial charge in [0.1, 0.15) is 0 Å². The van der Waals surface area contributed by atoms with Gasteiger partial charge in [0, 0.05) is 6.42 Å². The van der Waals surface area contributed by atoms with Crippen molar-refractivity contribution in [2.75, 3.05) is 0 Å². The van der Waals surface area contributed by atoms with Crippen LogP contribution >= 0.6 is 0 Å². The maximum atomic E-state index is 10.5. The zero-order valence-electron chi connectivity index (χ0n) is 7.75. The van der Waals surface area contributed by atoms with Crippen LogP contribution in [-0.4, -0.2) is 58.9 Å². The normalized spacial score (nSPS) is 35.9. The van der Waals surface area contributed by atoms with Gasteiger partial charge in [0.2, 0.25) is 0 Å². The standard InChI is InChI=1S/C6H10O9S/c7-2-1-3(5(8)9)14-6(10)4(2)15-16(11,12)13/h2-4,6-7,10H,1H2,(H,8,9)(H,11,12,13)/t2-,3?,4+,6+/m0/s1. The molecule has 1 rings (SSSR count). The molecule has 94 valence electrons. The minimum absolute atomic E-state index is 0.466. The molecular formula is C6H10O9S. The Labute approximate surface area is 90.2 Å². The molecule has 4 atom stereocenters. The number of aliphatic hydroxyl groups is 2. The topological polar surface area (TPSA) is 151 Å². The van der Waals surface area contributed by atoms with Gasteiger partial charge >= 0.3 is 16.4 Å². The van der Waals surface area contributed by atoms with Crippen LogP contribution in [0.3, 0.4) is 0 Å². The second-order valence-electron chi connectivity index (χ2n) is 3.15. The molecule has 0 amide bonds.